The van der Waals surface area contributed by atoms with Crippen molar-refractivity contribution >= 4 is 5.91 Å². The SMILES string of the molecule is C[C@H](O)c1ccc(F)cc1OCCC(=O)N(C)C. The van der Waals surface area contributed by atoms with E-state index in [9.17, 15) is 14.3 Å². The highest BCUT2D eigenvalue weighted by molar-refractivity contribution is 5.75. The first-order chi connectivity index (χ1) is 8.41. The van der Waals surface area contributed by atoms with Crippen molar-refractivity contribution in [3.8, 4) is 5.75 Å². The van der Waals surface area contributed by atoms with E-state index >= 15 is 0 Å². The van der Waals surface area contributed by atoms with Gasteiger partial charge in [0.05, 0.1) is 19.1 Å². The van der Waals surface area contributed by atoms with Crippen LogP contribution in [0.25, 0.3) is 0 Å². The van der Waals surface area contributed by atoms with Crippen LogP contribution in [0.15, 0.2) is 18.2 Å². The summed E-state index contributed by atoms with van der Waals surface area (Å²) < 4.78 is 18.4. The summed E-state index contributed by atoms with van der Waals surface area (Å²) in [5, 5.41) is 9.51. The Morgan fingerprint density at radius 1 is 1.50 bits per heavy atom. The molecule has 1 atom stereocenters. The Morgan fingerprint density at radius 2 is 2.17 bits per heavy atom. The first-order valence-electron chi connectivity index (χ1n) is 5.72. The summed E-state index contributed by atoms with van der Waals surface area (Å²) in [5.41, 5.74) is 0.508. The molecule has 0 aromatic heterocycles. The third-order valence-corrected chi connectivity index (χ3v) is 2.50. The lowest BCUT2D eigenvalue weighted by Crippen LogP contribution is -2.23. The number of nitrogens with zero attached hydrogens (tertiary/aromatic N) is 1. The molecular formula is C13H18FNO3. The zero-order valence-electron chi connectivity index (χ0n) is 10.8. The van der Waals surface area contributed by atoms with Gasteiger partial charge >= 0.3 is 0 Å². The van der Waals surface area contributed by atoms with Crippen LogP contribution in [0.2, 0.25) is 0 Å². The van der Waals surface area contributed by atoms with Crippen molar-refractivity contribution in [1.82, 2.24) is 4.90 Å². The molecule has 100 valence electrons. The second-order valence-corrected chi connectivity index (χ2v) is 4.24. The first kappa shape index (κ1) is 14.4. The molecule has 0 aliphatic rings. The van der Waals surface area contributed by atoms with E-state index in [2.05, 4.69) is 0 Å². The van der Waals surface area contributed by atoms with Gasteiger partial charge in [-0.2, -0.15) is 0 Å². The Labute approximate surface area is 106 Å². The second-order valence-electron chi connectivity index (χ2n) is 4.24. The van der Waals surface area contributed by atoms with Crippen LogP contribution in [-0.2, 0) is 4.79 Å². The summed E-state index contributed by atoms with van der Waals surface area (Å²) in [6.07, 6.45) is -0.534. The van der Waals surface area contributed by atoms with Gasteiger partial charge in [-0.05, 0) is 19.1 Å². The van der Waals surface area contributed by atoms with Crippen molar-refractivity contribution in [2.45, 2.75) is 19.4 Å². The van der Waals surface area contributed by atoms with Crippen LogP contribution in [-0.4, -0.2) is 36.6 Å². The minimum Gasteiger partial charge on any atom is -0.493 e. The number of rotatable bonds is 5. The fourth-order valence-corrected chi connectivity index (χ4v) is 1.45. The van der Waals surface area contributed by atoms with E-state index in [0.717, 1.165) is 0 Å². The van der Waals surface area contributed by atoms with Crippen molar-refractivity contribution < 1.29 is 19.0 Å². The number of aliphatic hydroxyl groups is 1. The standard InChI is InChI=1S/C13H18FNO3/c1-9(16)11-5-4-10(14)8-12(11)18-7-6-13(17)15(2)3/h4-5,8-9,16H,6-7H2,1-3H3/t9-/m0/s1. The van der Waals surface area contributed by atoms with Gasteiger partial charge in [0.25, 0.3) is 0 Å². The van der Waals surface area contributed by atoms with Crippen molar-refractivity contribution in [1.29, 1.82) is 0 Å². The molecule has 0 bridgehead atoms. The van der Waals surface area contributed by atoms with Gasteiger partial charge in [0.1, 0.15) is 11.6 Å². The van der Waals surface area contributed by atoms with Crippen molar-refractivity contribution in [2.75, 3.05) is 20.7 Å². The van der Waals surface area contributed by atoms with Gasteiger partial charge in [-0.1, -0.05) is 0 Å². The summed E-state index contributed by atoms with van der Waals surface area (Å²) >= 11 is 0. The number of aliphatic hydroxyl groups excluding tert-OH is 1. The van der Waals surface area contributed by atoms with E-state index in [1.165, 1.54) is 23.1 Å². The number of amides is 1. The smallest absolute Gasteiger partial charge is 0.225 e. The predicted molar refractivity (Wildman–Crippen MR) is 65.8 cm³/mol. The molecule has 1 aromatic rings. The molecule has 1 amide bonds. The number of ether oxygens (including phenoxy) is 1. The average molecular weight is 255 g/mol. The molecule has 1 aromatic carbocycles. The van der Waals surface area contributed by atoms with Gasteiger partial charge in [-0.25, -0.2) is 4.39 Å². The molecule has 0 heterocycles. The molecule has 0 aliphatic carbocycles. The quantitative estimate of drug-likeness (QED) is 0.871. The van der Waals surface area contributed by atoms with Crippen LogP contribution in [0.1, 0.15) is 25.0 Å². The highest BCUT2D eigenvalue weighted by Gasteiger charge is 2.11. The minimum absolute atomic E-state index is 0.0648. The lowest BCUT2D eigenvalue weighted by molar-refractivity contribution is -0.129. The number of carbonyl (C=O) groups excluding carboxylic acids is 1. The Morgan fingerprint density at radius 3 is 2.72 bits per heavy atom. The van der Waals surface area contributed by atoms with Crippen LogP contribution in [0.3, 0.4) is 0 Å². The van der Waals surface area contributed by atoms with Gasteiger partial charge in [-0.3, -0.25) is 4.79 Å². The Kier molecular flexibility index (Phi) is 5.09. The number of hydrogen-bond acceptors (Lipinski definition) is 3. The fourth-order valence-electron chi connectivity index (χ4n) is 1.45. The van der Waals surface area contributed by atoms with E-state index in [1.807, 2.05) is 0 Å². The summed E-state index contributed by atoms with van der Waals surface area (Å²) in [6, 6.07) is 3.95. The van der Waals surface area contributed by atoms with E-state index < -0.39 is 11.9 Å². The normalized spacial score (nSPS) is 12.1. The van der Waals surface area contributed by atoms with Gasteiger partial charge in [-0.15, -0.1) is 0 Å². The Bertz CT molecular complexity index is 419. The van der Waals surface area contributed by atoms with E-state index in [4.69, 9.17) is 4.74 Å². The highest BCUT2D eigenvalue weighted by Crippen LogP contribution is 2.26. The van der Waals surface area contributed by atoms with Crippen molar-refractivity contribution in [3.63, 3.8) is 0 Å². The Hall–Kier alpha value is -1.62. The first-order valence-corrected chi connectivity index (χ1v) is 5.72. The molecule has 5 heteroatoms. The molecule has 1 N–H and O–H groups in total. The highest BCUT2D eigenvalue weighted by atomic mass is 19.1. The molecule has 4 nitrogen and oxygen atoms in total. The summed E-state index contributed by atoms with van der Waals surface area (Å²) in [5.74, 6) is -0.227. The summed E-state index contributed by atoms with van der Waals surface area (Å²) in [7, 11) is 3.32. The van der Waals surface area contributed by atoms with Crippen LogP contribution in [0.4, 0.5) is 4.39 Å². The molecule has 0 saturated heterocycles. The van der Waals surface area contributed by atoms with Crippen molar-refractivity contribution in [2.24, 2.45) is 0 Å². The van der Waals surface area contributed by atoms with E-state index in [0.29, 0.717) is 5.56 Å². The third kappa shape index (κ3) is 4.00. The van der Waals surface area contributed by atoms with E-state index in [-0.39, 0.29) is 24.7 Å². The second kappa shape index (κ2) is 6.35. The molecule has 0 aliphatic heterocycles. The summed E-state index contributed by atoms with van der Waals surface area (Å²) in [6.45, 7) is 1.73. The lowest BCUT2D eigenvalue weighted by Gasteiger charge is -2.14. The van der Waals surface area contributed by atoms with Crippen LogP contribution in [0.5, 0.6) is 5.75 Å². The molecule has 1 rings (SSSR count). The third-order valence-electron chi connectivity index (χ3n) is 2.50. The molecule has 0 fully saturated rings. The number of halogens is 1. The average Bonchev–Trinajstić information content (AvgIpc) is 2.28. The maximum atomic E-state index is 13.1. The molecule has 0 spiro atoms. The number of carbonyl (C=O) groups is 1. The zero-order chi connectivity index (χ0) is 13.7. The van der Waals surface area contributed by atoms with Gasteiger partial charge in [0, 0.05) is 25.7 Å². The topological polar surface area (TPSA) is 49.8 Å². The molecular weight excluding hydrogens is 237 g/mol. The lowest BCUT2D eigenvalue weighted by atomic mass is 10.1. The maximum Gasteiger partial charge on any atom is 0.225 e. The van der Waals surface area contributed by atoms with Crippen molar-refractivity contribution in [3.05, 3.63) is 29.6 Å². The van der Waals surface area contributed by atoms with Gasteiger partial charge in [0.2, 0.25) is 5.91 Å². The predicted octanol–water partition coefficient (Wildman–Crippen LogP) is 1.74. The largest absolute Gasteiger partial charge is 0.493 e. The summed E-state index contributed by atoms with van der Waals surface area (Å²) in [4.78, 5) is 12.8. The Balaban J connectivity index is 2.66. The number of benzene rings is 1. The zero-order valence-corrected chi connectivity index (χ0v) is 10.8. The maximum absolute atomic E-state index is 13.1. The monoisotopic (exact) mass is 255 g/mol. The van der Waals surface area contributed by atoms with E-state index in [1.54, 1.807) is 21.0 Å². The van der Waals surface area contributed by atoms with Crippen LogP contribution < -0.4 is 4.74 Å². The van der Waals surface area contributed by atoms with Crippen LogP contribution in [0, 0.1) is 5.82 Å². The minimum atomic E-state index is -0.745. The molecule has 0 saturated carbocycles. The fraction of sp³-hybridized carbons (Fsp3) is 0.462. The van der Waals surface area contributed by atoms with Crippen LogP contribution >= 0.6 is 0 Å². The molecule has 0 unspecified atom stereocenters. The number of hydrogen-bond donors (Lipinski definition) is 1. The van der Waals surface area contributed by atoms with Gasteiger partial charge < -0.3 is 14.7 Å². The van der Waals surface area contributed by atoms with Gasteiger partial charge in [0.15, 0.2) is 0 Å². The molecule has 18 heavy (non-hydrogen) atoms. The molecule has 0 radical (unpaired) electrons.